The fourth-order valence-corrected chi connectivity index (χ4v) is 9.46. The molecule has 2 aromatic rings. The average molecular weight is 1070 g/mol. The SMILES string of the molecule is CCCCCCCCCCCCC/C=C/[C@@H](OC(=O)c1ccccc1)[C@H](CO[C@H]1O[C@H](CO)[C@H](O)[C@H](OCCCCC(C(=O)O)C(=O)O)[C@H]1OC(=O)c1ccccc1)NC(=O)CCCCCCCCCCCCCCC. The molecule has 0 bridgehead atoms. The molecule has 1 saturated heterocycles. The Morgan fingerprint density at radius 3 is 1.59 bits per heavy atom. The smallest absolute Gasteiger partial charge is 0.338 e. The summed E-state index contributed by atoms with van der Waals surface area (Å²) in [7, 11) is 0. The Bertz CT molecular complexity index is 1870. The molecule has 0 aliphatic carbocycles. The number of allylic oxidation sites excluding steroid dienone is 1. The van der Waals surface area contributed by atoms with Crippen molar-refractivity contribution in [2.45, 2.75) is 243 Å². The van der Waals surface area contributed by atoms with E-state index in [2.05, 4.69) is 19.2 Å². The average Bonchev–Trinajstić information content (AvgIpc) is 3.42. The van der Waals surface area contributed by atoms with Gasteiger partial charge in [-0.1, -0.05) is 198 Å². The second-order valence-corrected chi connectivity index (χ2v) is 20.5. The molecule has 0 saturated carbocycles. The molecule has 3 rings (SSSR count). The molecule has 1 fully saturated rings. The number of rotatable bonds is 45. The number of carbonyl (C=O) groups excluding carboxylic acids is 3. The number of amides is 1. The van der Waals surface area contributed by atoms with Crippen LogP contribution in [-0.2, 0) is 38.1 Å². The van der Waals surface area contributed by atoms with Crippen molar-refractivity contribution in [3.05, 3.63) is 83.9 Å². The predicted octanol–water partition coefficient (Wildman–Crippen LogP) is 12.1. The van der Waals surface area contributed by atoms with Crippen molar-refractivity contribution < 1.29 is 68.1 Å². The maximum atomic E-state index is 13.9. The van der Waals surface area contributed by atoms with Gasteiger partial charge in [0.05, 0.1) is 30.4 Å². The number of nitrogens with one attached hydrogen (secondary N) is 1. The minimum Gasteiger partial charge on any atom is -0.481 e. The summed E-state index contributed by atoms with van der Waals surface area (Å²) >= 11 is 0. The number of carboxylic acids is 2. The molecule has 15 heteroatoms. The van der Waals surface area contributed by atoms with Crippen LogP contribution >= 0.6 is 0 Å². The lowest BCUT2D eigenvalue weighted by Gasteiger charge is -2.43. The molecule has 1 amide bonds. The standard InChI is InChI=1S/C61H95NO14/c1-3-5-7-9-11-13-15-17-19-21-23-25-33-42-51(74-59(70)47-37-29-27-30-38-47)50(62-53(64)43-34-26-24-22-20-18-16-14-12-10-8-6-4-2)46-73-61-56(76-60(71)48-39-31-28-32-40-48)55(54(65)52(45-63)75-61)72-44-36-35-41-49(57(66)67)58(68)69/h27-33,37-40,42,49-52,54-56,61,63,65H,3-26,34-36,41,43-46H2,1-2H3,(H,62,64)(H,66,67)(H,68,69)/b42-33+/t50-,51+,52+,54-,55-,56+,61-/m0/s1. The van der Waals surface area contributed by atoms with Crippen molar-refractivity contribution in [2.24, 2.45) is 5.92 Å². The van der Waals surface area contributed by atoms with Crippen LogP contribution in [0.15, 0.2) is 72.8 Å². The van der Waals surface area contributed by atoms with Gasteiger partial charge in [-0.15, -0.1) is 0 Å². The van der Waals surface area contributed by atoms with E-state index in [1.165, 1.54) is 109 Å². The topological polar surface area (TPSA) is 224 Å². The van der Waals surface area contributed by atoms with Crippen LogP contribution in [0.1, 0.15) is 221 Å². The Hall–Kier alpha value is -4.67. The van der Waals surface area contributed by atoms with Gasteiger partial charge in [0.25, 0.3) is 0 Å². The van der Waals surface area contributed by atoms with Crippen LogP contribution in [0.25, 0.3) is 0 Å². The number of carbonyl (C=O) groups is 5. The van der Waals surface area contributed by atoms with Gasteiger partial charge in [-0.2, -0.15) is 0 Å². The number of esters is 2. The van der Waals surface area contributed by atoms with Gasteiger partial charge in [0, 0.05) is 13.0 Å². The molecule has 1 aliphatic heterocycles. The fourth-order valence-electron chi connectivity index (χ4n) is 9.46. The van der Waals surface area contributed by atoms with Crippen LogP contribution in [0.2, 0.25) is 0 Å². The molecule has 428 valence electrons. The van der Waals surface area contributed by atoms with E-state index in [4.69, 9.17) is 23.7 Å². The minimum absolute atomic E-state index is 0.114. The Labute approximate surface area is 454 Å². The highest BCUT2D eigenvalue weighted by atomic mass is 16.7. The van der Waals surface area contributed by atoms with Gasteiger partial charge in [-0.05, 0) is 68.9 Å². The highest BCUT2D eigenvalue weighted by molar-refractivity contribution is 5.92. The number of hydrogen-bond acceptors (Lipinski definition) is 12. The van der Waals surface area contributed by atoms with E-state index in [9.17, 15) is 44.4 Å². The zero-order valence-corrected chi connectivity index (χ0v) is 46.0. The van der Waals surface area contributed by atoms with Gasteiger partial charge in [-0.25, -0.2) is 9.59 Å². The number of hydrogen-bond donors (Lipinski definition) is 5. The molecule has 1 aliphatic rings. The van der Waals surface area contributed by atoms with Crippen molar-refractivity contribution in [1.82, 2.24) is 5.32 Å². The van der Waals surface area contributed by atoms with Gasteiger partial charge in [0.15, 0.2) is 18.3 Å². The van der Waals surface area contributed by atoms with Crippen molar-refractivity contribution in [3.8, 4) is 0 Å². The van der Waals surface area contributed by atoms with E-state index in [0.29, 0.717) is 18.4 Å². The van der Waals surface area contributed by atoms with Crippen molar-refractivity contribution in [2.75, 3.05) is 19.8 Å². The lowest BCUT2D eigenvalue weighted by atomic mass is 9.98. The molecular weight excluding hydrogens is 971 g/mol. The van der Waals surface area contributed by atoms with Crippen LogP contribution in [0.5, 0.6) is 0 Å². The maximum Gasteiger partial charge on any atom is 0.338 e. The largest absolute Gasteiger partial charge is 0.481 e. The van der Waals surface area contributed by atoms with Crippen LogP contribution in [0, 0.1) is 5.92 Å². The van der Waals surface area contributed by atoms with Crippen LogP contribution in [0.4, 0.5) is 0 Å². The maximum absolute atomic E-state index is 13.9. The van der Waals surface area contributed by atoms with E-state index >= 15 is 0 Å². The van der Waals surface area contributed by atoms with Crippen LogP contribution in [-0.4, -0.2) is 113 Å². The molecule has 2 aromatic carbocycles. The molecule has 7 atom stereocenters. The molecular formula is C61H95NO14. The first-order valence-corrected chi connectivity index (χ1v) is 29.1. The fraction of sp³-hybridized carbons (Fsp3) is 0.689. The second-order valence-electron chi connectivity index (χ2n) is 20.5. The molecule has 1 heterocycles. The highest BCUT2D eigenvalue weighted by Crippen LogP contribution is 2.29. The first-order chi connectivity index (χ1) is 37.0. The Morgan fingerprint density at radius 2 is 1.09 bits per heavy atom. The third-order valence-electron chi connectivity index (χ3n) is 14.1. The monoisotopic (exact) mass is 1070 g/mol. The number of aliphatic hydroxyl groups excluding tert-OH is 2. The van der Waals surface area contributed by atoms with Gasteiger partial charge in [0.1, 0.15) is 24.4 Å². The van der Waals surface area contributed by atoms with Crippen molar-refractivity contribution in [1.29, 1.82) is 0 Å². The van der Waals surface area contributed by atoms with E-state index in [0.717, 1.165) is 38.5 Å². The Morgan fingerprint density at radius 1 is 0.605 bits per heavy atom. The van der Waals surface area contributed by atoms with Crippen molar-refractivity contribution >= 4 is 29.8 Å². The van der Waals surface area contributed by atoms with E-state index in [1.807, 2.05) is 6.08 Å². The number of carboxylic acid groups (broad SMARTS) is 2. The van der Waals surface area contributed by atoms with Crippen molar-refractivity contribution in [3.63, 3.8) is 0 Å². The lowest BCUT2D eigenvalue weighted by molar-refractivity contribution is -0.308. The molecule has 0 spiro atoms. The first kappa shape index (κ1) is 65.6. The Balaban J connectivity index is 1.83. The quantitative estimate of drug-likeness (QED) is 0.0180. The lowest BCUT2D eigenvalue weighted by Crippen LogP contribution is -2.62. The Kier molecular flexibility index (Phi) is 35.8. The van der Waals surface area contributed by atoms with Gasteiger partial charge < -0.3 is 49.4 Å². The minimum atomic E-state index is -1.61. The second kappa shape index (κ2) is 41.4. The molecule has 0 unspecified atom stereocenters. The predicted molar refractivity (Wildman–Crippen MR) is 294 cm³/mol. The van der Waals surface area contributed by atoms with E-state index < -0.39 is 79.3 Å². The number of aliphatic carboxylic acids is 2. The van der Waals surface area contributed by atoms with E-state index in [-0.39, 0.29) is 50.4 Å². The van der Waals surface area contributed by atoms with Gasteiger partial charge in [0.2, 0.25) is 5.91 Å². The molecule has 15 nitrogen and oxygen atoms in total. The molecule has 5 N–H and O–H groups in total. The summed E-state index contributed by atoms with van der Waals surface area (Å²) in [5, 5.41) is 43.7. The summed E-state index contributed by atoms with van der Waals surface area (Å²) < 4.78 is 30.9. The first-order valence-electron chi connectivity index (χ1n) is 29.1. The summed E-state index contributed by atoms with van der Waals surface area (Å²) in [6, 6.07) is 15.7. The third-order valence-corrected chi connectivity index (χ3v) is 14.1. The summed E-state index contributed by atoms with van der Waals surface area (Å²) in [5.74, 6) is -6.21. The summed E-state index contributed by atoms with van der Waals surface area (Å²) in [6.07, 6.45) is 25.0. The van der Waals surface area contributed by atoms with Gasteiger partial charge in [-0.3, -0.25) is 14.4 Å². The third kappa shape index (κ3) is 27.6. The highest BCUT2D eigenvalue weighted by Gasteiger charge is 2.49. The zero-order valence-electron chi connectivity index (χ0n) is 46.0. The number of ether oxygens (including phenoxy) is 5. The molecule has 0 aromatic heterocycles. The zero-order chi connectivity index (χ0) is 55.0. The number of unbranched alkanes of at least 4 members (excludes halogenated alkanes) is 24. The van der Waals surface area contributed by atoms with Crippen LogP contribution < -0.4 is 5.32 Å². The summed E-state index contributed by atoms with van der Waals surface area (Å²) in [4.78, 5) is 64.4. The normalized spacial score (nSPS) is 18.4. The summed E-state index contributed by atoms with van der Waals surface area (Å²) in [5.41, 5.74) is 0.496. The van der Waals surface area contributed by atoms with Crippen LogP contribution in [0.3, 0.4) is 0 Å². The van der Waals surface area contributed by atoms with Gasteiger partial charge >= 0.3 is 23.9 Å². The number of aliphatic hydroxyl groups is 2. The summed E-state index contributed by atoms with van der Waals surface area (Å²) in [6.45, 7) is 3.33. The number of benzene rings is 2. The molecule has 0 radical (unpaired) electrons. The van der Waals surface area contributed by atoms with E-state index in [1.54, 1.807) is 66.7 Å². The molecule has 76 heavy (non-hydrogen) atoms.